The lowest BCUT2D eigenvalue weighted by Gasteiger charge is -2.34. The summed E-state index contributed by atoms with van der Waals surface area (Å²) in [5.74, 6) is 0.306. The second kappa shape index (κ2) is 8.51. The van der Waals surface area contributed by atoms with Gasteiger partial charge in [0.2, 0.25) is 5.88 Å². The van der Waals surface area contributed by atoms with Gasteiger partial charge in [0.05, 0.1) is 37.4 Å². The molecule has 0 aromatic carbocycles. The van der Waals surface area contributed by atoms with Gasteiger partial charge in [0.25, 0.3) is 5.56 Å². The fourth-order valence-corrected chi connectivity index (χ4v) is 2.98. The highest BCUT2D eigenvalue weighted by atomic mass is 16.5. The number of nitrogens with one attached hydrogen (secondary N) is 1. The van der Waals surface area contributed by atoms with E-state index in [1.54, 1.807) is 31.6 Å². The highest BCUT2D eigenvalue weighted by molar-refractivity contribution is 5.61. The van der Waals surface area contributed by atoms with E-state index in [2.05, 4.69) is 26.4 Å². The molecule has 142 valence electrons. The Bertz CT molecular complexity index is 891. The number of pyridine rings is 1. The van der Waals surface area contributed by atoms with Crippen LogP contribution in [0.15, 0.2) is 29.3 Å². The fourth-order valence-electron chi connectivity index (χ4n) is 2.98. The van der Waals surface area contributed by atoms with Crippen molar-refractivity contribution >= 4 is 11.4 Å². The maximum atomic E-state index is 11.8. The first-order valence-electron chi connectivity index (χ1n) is 8.69. The smallest absolute Gasteiger partial charge is 0.268 e. The number of aromatic nitrogens is 3. The van der Waals surface area contributed by atoms with Gasteiger partial charge in [0.1, 0.15) is 11.6 Å². The molecule has 1 aliphatic heterocycles. The van der Waals surface area contributed by atoms with Gasteiger partial charge in [-0.25, -0.2) is 9.67 Å². The first kappa shape index (κ1) is 18.7. The van der Waals surface area contributed by atoms with Gasteiger partial charge in [-0.3, -0.25) is 4.79 Å². The lowest BCUT2D eigenvalue weighted by atomic mass is 10.2. The summed E-state index contributed by atoms with van der Waals surface area (Å²) in [7, 11) is 3.12. The van der Waals surface area contributed by atoms with E-state index in [-0.39, 0.29) is 11.7 Å². The van der Waals surface area contributed by atoms with Crippen LogP contribution in [0.1, 0.15) is 12.0 Å². The molecule has 0 unspecified atom stereocenters. The minimum atomic E-state index is -0.132. The first-order valence-corrected chi connectivity index (χ1v) is 8.69. The molecule has 1 atom stereocenters. The number of hydrogen-bond acceptors (Lipinski definition) is 8. The standard InChI is InChI=1S/C18H22N6O3/c1-23-17(25)9-13(11-22-23)24-7-8-27-14(12-24)3-5-20-16-4-6-21-18(26-2)15(16)10-19/h4,6,9,11,14H,3,5,7-8,12H2,1-2H3,(H,20,21)/t14-/m0/s1. The SMILES string of the molecule is COc1nccc(NCC[C@H]2CN(c3cnn(C)c(=O)c3)CCO2)c1C#N. The summed E-state index contributed by atoms with van der Waals surface area (Å²) in [5.41, 5.74) is 1.75. The van der Waals surface area contributed by atoms with Crippen molar-refractivity contribution in [3.63, 3.8) is 0 Å². The molecule has 0 spiro atoms. The van der Waals surface area contributed by atoms with Gasteiger partial charge >= 0.3 is 0 Å². The Hall–Kier alpha value is -3.12. The van der Waals surface area contributed by atoms with Crippen LogP contribution in [0.5, 0.6) is 5.88 Å². The third-order valence-electron chi connectivity index (χ3n) is 4.46. The molecule has 2 aromatic rings. The predicted molar refractivity (Wildman–Crippen MR) is 100 cm³/mol. The van der Waals surface area contributed by atoms with E-state index in [0.717, 1.165) is 18.7 Å². The number of methoxy groups -OCH3 is 1. The Kier molecular flexibility index (Phi) is 5.88. The van der Waals surface area contributed by atoms with Gasteiger partial charge < -0.3 is 19.7 Å². The van der Waals surface area contributed by atoms with Crippen LogP contribution in [-0.2, 0) is 11.8 Å². The van der Waals surface area contributed by atoms with Crippen molar-refractivity contribution in [2.45, 2.75) is 12.5 Å². The Morgan fingerprint density at radius 2 is 2.37 bits per heavy atom. The summed E-state index contributed by atoms with van der Waals surface area (Å²) in [6.45, 7) is 2.63. The number of hydrogen-bond donors (Lipinski definition) is 1. The third kappa shape index (κ3) is 4.35. The van der Waals surface area contributed by atoms with Crippen LogP contribution < -0.4 is 20.5 Å². The van der Waals surface area contributed by atoms with E-state index in [0.29, 0.717) is 36.8 Å². The van der Waals surface area contributed by atoms with Crippen LogP contribution in [0.4, 0.5) is 11.4 Å². The molecule has 2 aromatic heterocycles. The van der Waals surface area contributed by atoms with Crippen LogP contribution in [0.2, 0.25) is 0 Å². The zero-order valence-electron chi connectivity index (χ0n) is 15.4. The summed E-state index contributed by atoms with van der Waals surface area (Å²) >= 11 is 0. The van der Waals surface area contributed by atoms with E-state index in [1.807, 2.05) is 0 Å². The highest BCUT2D eigenvalue weighted by Crippen LogP contribution is 2.23. The number of morpholine rings is 1. The summed E-state index contributed by atoms with van der Waals surface area (Å²) in [4.78, 5) is 17.9. The second-order valence-electron chi connectivity index (χ2n) is 6.18. The van der Waals surface area contributed by atoms with Crippen LogP contribution in [0.25, 0.3) is 0 Å². The molecular weight excluding hydrogens is 348 g/mol. The minimum absolute atomic E-state index is 0.0181. The molecule has 0 bridgehead atoms. The number of anilines is 2. The van der Waals surface area contributed by atoms with Gasteiger partial charge in [-0.05, 0) is 12.5 Å². The number of rotatable bonds is 6. The van der Waals surface area contributed by atoms with Crippen molar-refractivity contribution in [1.29, 1.82) is 5.26 Å². The van der Waals surface area contributed by atoms with E-state index < -0.39 is 0 Å². The molecule has 1 fully saturated rings. The normalized spacial score (nSPS) is 16.6. The summed E-state index contributed by atoms with van der Waals surface area (Å²) in [6, 6.07) is 5.46. The number of nitrogens with zero attached hydrogens (tertiary/aromatic N) is 5. The molecule has 9 heteroatoms. The highest BCUT2D eigenvalue weighted by Gasteiger charge is 2.21. The van der Waals surface area contributed by atoms with Gasteiger partial charge in [-0.1, -0.05) is 0 Å². The van der Waals surface area contributed by atoms with Gasteiger partial charge in [0, 0.05) is 38.9 Å². The maximum absolute atomic E-state index is 11.8. The molecule has 0 amide bonds. The first-order chi connectivity index (χ1) is 13.1. The predicted octanol–water partition coefficient (Wildman–Crippen LogP) is 0.763. The van der Waals surface area contributed by atoms with Gasteiger partial charge in [-0.15, -0.1) is 0 Å². The molecule has 27 heavy (non-hydrogen) atoms. The maximum Gasteiger partial charge on any atom is 0.268 e. The minimum Gasteiger partial charge on any atom is -0.480 e. The van der Waals surface area contributed by atoms with Crippen molar-refractivity contribution in [1.82, 2.24) is 14.8 Å². The number of aryl methyl sites for hydroxylation is 1. The number of nitriles is 1. The largest absolute Gasteiger partial charge is 0.480 e. The molecular formula is C18H22N6O3. The zero-order valence-corrected chi connectivity index (χ0v) is 15.4. The topological polar surface area (TPSA) is 105 Å². The van der Waals surface area contributed by atoms with Crippen molar-refractivity contribution < 1.29 is 9.47 Å². The monoisotopic (exact) mass is 370 g/mol. The van der Waals surface area contributed by atoms with E-state index in [4.69, 9.17) is 9.47 Å². The van der Waals surface area contributed by atoms with E-state index in [1.165, 1.54) is 11.8 Å². The average Bonchev–Trinajstić information content (AvgIpc) is 2.70. The number of ether oxygens (including phenoxy) is 2. The zero-order chi connectivity index (χ0) is 19.2. The Morgan fingerprint density at radius 1 is 1.52 bits per heavy atom. The second-order valence-corrected chi connectivity index (χ2v) is 6.18. The van der Waals surface area contributed by atoms with Crippen molar-refractivity contribution in [3.8, 4) is 11.9 Å². The molecule has 1 aliphatic rings. The lowest BCUT2D eigenvalue weighted by molar-refractivity contribution is 0.0375. The summed E-state index contributed by atoms with van der Waals surface area (Å²) in [5, 5.41) is 16.6. The lowest BCUT2D eigenvalue weighted by Crippen LogP contribution is -2.43. The Labute approximate surface area is 157 Å². The molecule has 3 heterocycles. The Balaban J connectivity index is 1.58. The van der Waals surface area contributed by atoms with E-state index in [9.17, 15) is 10.1 Å². The van der Waals surface area contributed by atoms with E-state index >= 15 is 0 Å². The molecule has 3 rings (SSSR count). The molecule has 0 saturated carbocycles. The van der Waals surface area contributed by atoms with Crippen LogP contribution in [0, 0.1) is 11.3 Å². The quantitative estimate of drug-likeness (QED) is 0.795. The van der Waals surface area contributed by atoms with Gasteiger partial charge in [0.15, 0.2) is 0 Å². The fraction of sp³-hybridized carbons (Fsp3) is 0.444. The van der Waals surface area contributed by atoms with Crippen molar-refractivity contribution in [2.24, 2.45) is 7.05 Å². The molecule has 0 radical (unpaired) electrons. The van der Waals surface area contributed by atoms with Gasteiger partial charge in [-0.2, -0.15) is 10.4 Å². The van der Waals surface area contributed by atoms with Crippen molar-refractivity contribution in [2.75, 3.05) is 43.6 Å². The molecule has 0 aliphatic carbocycles. The average molecular weight is 370 g/mol. The van der Waals surface area contributed by atoms with Crippen molar-refractivity contribution in [3.05, 3.63) is 40.4 Å². The summed E-state index contributed by atoms with van der Waals surface area (Å²) < 4.78 is 12.3. The summed E-state index contributed by atoms with van der Waals surface area (Å²) in [6.07, 6.45) is 4.07. The molecule has 1 saturated heterocycles. The van der Waals surface area contributed by atoms with Crippen LogP contribution >= 0.6 is 0 Å². The Morgan fingerprint density at radius 3 is 3.11 bits per heavy atom. The molecule has 9 nitrogen and oxygen atoms in total. The molecule has 1 N–H and O–H groups in total. The third-order valence-corrected chi connectivity index (χ3v) is 4.46. The van der Waals surface area contributed by atoms with Crippen LogP contribution in [0.3, 0.4) is 0 Å². The van der Waals surface area contributed by atoms with Crippen LogP contribution in [-0.4, -0.2) is 54.2 Å².